The standard InChI is InChI=1S/C116H62N4O2Se2/c1-3-25-67(26-4-1)117-91-39-9-11-41-93(91)119(99-61-105-89(57-97(99)117)113-81-37-19-35-73-71-31-15-21-63-23-17-33-75(109(63)71)87(111(73)81)59-107(113)123-105)95-55-83(65-45-51-103-85(53-65)69-29-7-13-43-101(69)121-103)77-48-50-80-96(56-84(78-47-49-79(95)115(77)116(78)80)66-46-52-104-86(54-66)70-30-8-14-44-102(70)122-104)120-94-42-12-10-40-92(94)118(68-27-5-2-6-28-68)98-58-90-106(62-100(98)120)124-108-60-88-76-34-18-24-64-22-16-32-72(110(64)76)74-36-20-38-82(112(74)88)114(90)108/h1-62H. The van der Waals surface area contributed by atoms with Gasteiger partial charge >= 0.3 is 686 Å². The van der Waals surface area contributed by atoms with Gasteiger partial charge in [0.15, 0.2) is 0 Å². The summed E-state index contributed by atoms with van der Waals surface area (Å²) in [6.07, 6.45) is 0. The molecule has 8 heteroatoms. The van der Waals surface area contributed by atoms with Crippen LogP contribution in [-0.4, -0.2) is 47.3 Å². The average Bonchev–Trinajstić information content (AvgIpc) is 0.765. The molecule has 30 aromatic rings. The molecule has 0 bridgehead atoms. The first-order chi connectivity index (χ1) is 61.5. The molecule has 0 atom stereocenters. The van der Waals surface area contributed by atoms with Crippen LogP contribution in [0.5, 0.6) is 0 Å². The van der Waals surface area contributed by atoms with Crippen molar-refractivity contribution < 1.29 is 8.83 Å². The molecule has 6 aromatic heterocycles. The Hall–Kier alpha value is -15.2. The molecule has 30 rings (SSSR count). The average molecular weight is 1700 g/mol. The summed E-state index contributed by atoms with van der Waals surface area (Å²) in [6, 6.07) is 143. The normalized spacial score (nSPS) is 12.7. The van der Waals surface area contributed by atoms with Crippen molar-refractivity contribution >= 4 is 274 Å². The number of aromatic nitrogens is 4. The van der Waals surface area contributed by atoms with E-state index in [-0.39, 0.29) is 29.0 Å². The number of hydrogen-bond acceptors (Lipinski definition) is 2. The van der Waals surface area contributed by atoms with E-state index < -0.39 is 0 Å². The number of fused-ring (bicyclic) bond motifs is 22. The van der Waals surface area contributed by atoms with Crippen LogP contribution in [0.3, 0.4) is 0 Å². The first-order valence-electron chi connectivity index (χ1n) is 42.6. The molecule has 0 radical (unpaired) electrons. The number of para-hydroxylation sites is 8. The van der Waals surface area contributed by atoms with Crippen LogP contribution in [0.4, 0.5) is 0 Å². The SMILES string of the molecule is c1ccc(-n2c3ccccc3n(-c3cc(-c4ccc5oc6ccccc6c5c4)c4ccc5c(-n6c7ccccc7n(-c7ccccc7)c7cc8c(cc76)[se]c6cc7c9cccc%10cccc(c%11cccc(c68)c%117)c%109)cc(-c6ccc7oc8ccccc8c7c6)c6ccc3c4c65)c3cc4[se]c5cc6c7cccc8cccc(c9cccc(c5c4cc32)c96)c87)cc1. The molecular weight excluding hydrogens is 1640 g/mol. The third-order valence-corrected chi connectivity index (χ3v) is 32.4. The molecule has 0 saturated carbocycles. The maximum atomic E-state index is 6.72. The molecule has 570 valence electrons. The number of benzene rings is 24. The van der Waals surface area contributed by atoms with Gasteiger partial charge in [0.2, 0.25) is 0 Å². The fourth-order valence-electron chi connectivity index (χ4n) is 22.7. The topological polar surface area (TPSA) is 46.0 Å². The van der Waals surface area contributed by atoms with Gasteiger partial charge in [-0.25, -0.2) is 0 Å². The second-order valence-electron chi connectivity index (χ2n) is 33.9. The van der Waals surface area contributed by atoms with Gasteiger partial charge in [0.25, 0.3) is 0 Å². The predicted octanol–water partition coefficient (Wildman–Crippen LogP) is 31.4. The van der Waals surface area contributed by atoms with Crippen LogP contribution in [0, 0.1) is 0 Å². The number of furan rings is 2. The molecule has 0 N–H and O–H groups in total. The van der Waals surface area contributed by atoms with Crippen molar-refractivity contribution in [2.75, 3.05) is 0 Å². The summed E-state index contributed by atoms with van der Waals surface area (Å²) in [4.78, 5) is 0. The second-order valence-corrected chi connectivity index (χ2v) is 38.5. The van der Waals surface area contributed by atoms with Gasteiger partial charge in [0.05, 0.1) is 0 Å². The van der Waals surface area contributed by atoms with E-state index in [0.29, 0.717) is 0 Å². The Morgan fingerprint density at radius 1 is 0.169 bits per heavy atom. The van der Waals surface area contributed by atoms with Crippen molar-refractivity contribution in [2.45, 2.75) is 0 Å². The van der Waals surface area contributed by atoms with Crippen molar-refractivity contribution in [1.82, 2.24) is 18.3 Å². The van der Waals surface area contributed by atoms with Crippen LogP contribution in [0.1, 0.15) is 0 Å². The zero-order valence-corrected chi connectivity index (χ0v) is 69.6. The van der Waals surface area contributed by atoms with E-state index in [2.05, 4.69) is 394 Å². The molecule has 0 unspecified atom stereocenters. The Morgan fingerprint density at radius 3 is 0.944 bits per heavy atom. The Balaban J connectivity index is 0.768. The van der Waals surface area contributed by atoms with E-state index in [9.17, 15) is 0 Å². The quantitative estimate of drug-likeness (QED) is 0.0946. The van der Waals surface area contributed by atoms with Gasteiger partial charge < -0.3 is 0 Å². The van der Waals surface area contributed by atoms with Crippen LogP contribution in [0.25, 0.3) is 290 Å². The van der Waals surface area contributed by atoms with E-state index in [1.54, 1.807) is 0 Å². The Bertz CT molecular complexity index is 9520. The summed E-state index contributed by atoms with van der Waals surface area (Å²) in [5.74, 6) is 0. The summed E-state index contributed by atoms with van der Waals surface area (Å²) < 4.78 is 29.4. The van der Waals surface area contributed by atoms with E-state index in [0.717, 1.165) is 155 Å². The molecule has 6 heterocycles. The van der Waals surface area contributed by atoms with Crippen LogP contribution < -0.4 is 0 Å². The predicted molar refractivity (Wildman–Crippen MR) is 527 cm³/mol. The van der Waals surface area contributed by atoms with Crippen molar-refractivity contribution in [3.05, 3.63) is 376 Å². The van der Waals surface area contributed by atoms with Gasteiger partial charge in [-0.05, 0) is 12.1 Å². The monoisotopic (exact) mass is 1700 g/mol. The van der Waals surface area contributed by atoms with Crippen molar-refractivity contribution in [3.63, 3.8) is 0 Å². The molecule has 6 nitrogen and oxygen atoms in total. The minimum atomic E-state index is -0.0628. The molecule has 0 aliphatic rings. The number of hydrogen-bond donors (Lipinski definition) is 0. The fraction of sp³-hybridized carbons (Fsp3) is 0. The van der Waals surface area contributed by atoms with Gasteiger partial charge in [0, 0.05) is 0 Å². The molecule has 24 aromatic carbocycles. The third kappa shape index (κ3) is 8.78. The third-order valence-electron chi connectivity index (χ3n) is 27.8. The Labute approximate surface area is 716 Å². The minimum absolute atomic E-state index is 0.0628. The summed E-state index contributed by atoms with van der Waals surface area (Å²) >= 11 is -0.126. The van der Waals surface area contributed by atoms with Gasteiger partial charge in [-0.15, -0.1) is 0 Å². The maximum absolute atomic E-state index is 6.72. The molecule has 0 aliphatic heterocycles. The first kappa shape index (κ1) is 66.5. The number of rotatable bonds is 6. The first-order valence-corrected chi connectivity index (χ1v) is 46.0. The van der Waals surface area contributed by atoms with E-state index in [1.165, 1.54) is 136 Å². The molecule has 0 saturated heterocycles. The molecule has 0 spiro atoms. The van der Waals surface area contributed by atoms with Crippen LogP contribution in [-0.2, 0) is 0 Å². The number of nitrogens with zero attached hydrogens (tertiary/aromatic N) is 4. The second kappa shape index (κ2) is 24.3. The van der Waals surface area contributed by atoms with Crippen molar-refractivity contribution in [3.8, 4) is 45.0 Å². The zero-order valence-electron chi connectivity index (χ0n) is 66.2. The van der Waals surface area contributed by atoms with Crippen molar-refractivity contribution in [2.24, 2.45) is 0 Å². The molecule has 124 heavy (non-hydrogen) atoms. The van der Waals surface area contributed by atoms with Gasteiger partial charge in [-0.2, -0.15) is 0 Å². The van der Waals surface area contributed by atoms with Crippen LogP contribution in [0.15, 0.2) is 385 Å². The molecule has 0 amide bonds. The van der Waals surface area contributed by atoms with Gasteiger partial charge in [-0.3, -0.25) is 0 Å². The van der Waals surface area contributed by atoms with E-state index in [1.807, 2.05) is 0 Å². The summed E-state index contributed by atoms with van der Waals surface area (Å²) in [5, 5.41) is 37.7. The molecular formula is C116H62N4O2Se2. The summed E-state index contributed by atoms with van der Waals surface area (Å²) in [7, 11) is 0. The van der Waals surface area contributed by atoms with Gasteiger partial charge in [0.1, 0.15) is 0 Å². The van der Waals surface area contributed by atoms with Crippen molar-refractivity contribution in [1.29, 1.82) is 0 Å². The zero-order chi connectivity index (χ0) is 80.2. The van der Waals surface area contributed by atoms with Gasteiger partial charge in [-0.1, -0.05) is 24.3 Å². The van der Waals surface area contributed by atoms with Crippen LogP contribution in [0.2, 0.25) is 0 Å². The van der Waals surface area contributed by atoms with E-state index >= 15 is 0 Å². The Kier molecular flexibility index (Phi) is 13.0. The fourth-order valence-corrected chi connectivity index (χ4v) is 27.7. The molecule has 0 fully saturated rings. The Morgan fingerprint density at radius 2 is 0.508 bits per heavy atom. The summed E-state index contributed by atoms with van der Waals surface area (Å²) in [6.45, 7) is 0. The van der Waals surface area contributed by atoms with E-state index in [4.69, 9.17) is 8.83 Å². The van der Waals surface area contributed by atoms with Crippen LogP contribution >= 0.6 is 0 Å². The summed E-state index contributed by atoms with van der Waals surface area (Å²) in [5.41, 5.74) is 21.2. The molecule has 0 aliphatic carbocycles.